The number of nitrogens with zero attached hydrogens (tertiary/aromatic N) is 1. The Morgan fingerprint density at radius 2 is 1.74 bits per heavy atom. The van der Waals surface area contributed by atoms with Crippen molar-refractivity contribution in [2.45, 2.75) is 0 Å². The topological polar surface area (TPSA) is 66.6 Å². The third-order valence-electron chi connectivity index (χ3n) is 2.47. The molecule has 0 spiro atoms. The van der Waals surface area contributed by atoms with E-state index in [1.165, 1.54) is 23.1 Å². The highest BCUT2D eigenvalue weighted by atomic mass is 35.5. The van der Waals surface area contributed by atoms with Gasteiger partial charge in [-0.3, -0.25) is 4.90 Å². The largest absolute Gasteiger partial charge is 0.508 e. The Kier molecular flexibility index (Phi) is 3.83. The van der Waals surface area contributed by atoms with Gasteiger partial charge in [0.15, 0.2) is 0 Å². The van der Waals surface area contributed by atoms with Crippen LogP contribution in [0.5, 0.6) is 5.75 Å². The number of carbonyl (C=O) groups excluding carboxylic acids is 1. The quantitative estimate of drug-likeness (QED) is 0.882. The number of aromatic hydroxyl groups is 1. The number of benzene rings is 2. The highest BCUT2D eigenvalue weighted by molar-refractivity contribution is 6.42. The van der Waals surface area contributed by atoms with Crippen LogP contribution in [0.15, 0.2) is 42.5 Å². The molecule has 0 saturated heterocycles. The van der Waals surface area contributed by atoms with Gasteiger partial charge in [-0.1, -0.05) is 29.3 Å². The maximum Gasteiger partial charge on any atom is 0.323 e. The summed E-state index contributed by atoms with van der Waals surface area (Å²) in [5.41, 5.74) is 6.27. The Hall–Kier alpha value is -1.91. The second-order valence-corrected chi connectivity index (χ2v) is 4.61. The molecule has 0 aliphatic heterocycles. The Morgan fingerprint density at radius 1 is 1.05 bits per heavy atom. The van der Waals surface area contributed by atoms with E-state index in [9.17, 15) is 9.90 Å². The van der Waals surface area contributed by atoms with Gasteiger partial charge in [-0.15, -0.1) is 0 Å². The van der Waals surface area contributed by atoms with Crippen LogP contribution in [-0.4, -0.2) is 11.1 Å². The molecule has 0 heterocycles. The Morgan fingerprint density at radius 3 is 2.32 bits per heavy atom. The molecule has 2 rings (SSSR count). The van der Waals surface area contributed by atoms with Crippen LogP contribution in [0.2, 0.25) is 10.0 Å². The summed E-state index contributed by atoms with van der Waals surface area (Å²) in [6.07, 6.45) is 0. The van der Waals surface area contributed by atoms with E-state index < -0.39 is 6.03 Å². The highest BCUT2D eigenvalue weighted by Gasteiger charge is 2.16. The van der Waals surface area contributed by atoms with E-state index in [4.69, 9.17) is 28.9 Å². The van der Waals surface area contributed by atoms with Crippen molar-refractivity contribution in [3.05, 3.63) is 52.5 Å². The summed E-state index contributed by atoms with van der Waals surface area (Å²) in [6.45, 7) is 0. The average molecular weight is 297 g/mol. The van der Waals surface area contributed by atoms with E-state index >= 15 is 0 Å². The first-order chi connectivity index (χ1) is 8.99. The van der Waals surface area contributed by atoms with Crippen LogP contribution in [0, 0.1) is 0 Å². The van der Waals surface area contributed by atoms with Crippen molar-refractivity contribution in [3.8, 4) is 5.75 Å². The summed E-state index contributed by atoms with van der Waals surface area (Å²) < 4.78 is 0. The average Bonchev–Trinajstić information content (AvgIpc) is 2.33. The summed E-state index contributed by atoms with van der Waals surface area (Å²) >= 11 is 11.8. The maximum atomic E-state index is 11.6. The third-order valence-corrected chi connectivity index (χ3v) is 3.21. The van der Waals surface area contributed by atoms with Gasteiger partial charge in [0.05, 0.1) is 21.4 Å². The molecule has 0 fully saturated rings. The van der Waals surface area contributed by atoms with Crippen LogP contribution >= 0.6 is 23.2 Å². The fourth-order valence-electron chi connectivity index (χ4n) is 1.66. The number of phenols is 1. The number of halogens is 2. The molecule has 2 aromatic carbocycles. The lowest BCUT2D eigenvalue weighted by Crippen LogP contribution is -2.31. The molecule has 0 atom stereocenters. The molecule has 0 unspecified atom stereocenters. The van der Waals surface area contributed by atoms with Crippen molar-refractivity contribution in [2.24, 2.45) is 5.73 Å². The van der Waals surface area contributed by atoms with Gasteiger partial charge in [-0.2, -0.15) is 0 Å². The molecule has 98 valence electrons. The van der Waals surface area contributed by atoms with Crippen LogP contribution in [0.4, 0.5) is 16.2 Å². The number of primary amides is 1. The Balaban J connectivity index is 2.51. The van der Waals surface area contributed by atoms with E-state index in [2.05, 4.69) is 0 Å². The number of rotatable bonds is 2. The van der Waals surface area contributed by atoms with Gasteiger partial charge in [0.1, 0.15) is 5.75 Å². The standard InChI is InChI=1S/C13H10Cl2N2O2/c14-11-5-4-9(7-12(11)15)17(13(16)19)8-2-1-3-10(18)6-8/h1-7,18H,(H2,16,19). The van der Waals surface area contributed by atoms with Crippen molar-refractivity contribution < 1.29 is 9.90 Å². The van der Waals surface area contributed by atoms with Crippen LogP contribution in [0.1, 0.15) is 0 Å². The number of hydrogen-bond acceptors (Lipinski definition) is 2. The molecule has 0 radical (unpaired) electrons. The van der Waals surface area contributed by atoms with Crippen molar-refractivity contribution >= 4 is 40.6 Å². The molecular weight excluding hydrogens is 287 g/mol. The minimum Gasteiger partial charge on any atom is -0.508 e. The molecular formula is C13H10Cl2N2O2. The predicted octanol–water partition coefficient (Wildman–Crippen LogP) is 3.92. The lowest BCUT2D eigenvalue weighted by Gasteiger charge is -2.21. The van der Waals surface area contributed by atoms with E-state index in [1.807, 2.05) is 0 Å². The molecule has 0 saturated carbocycles. The maximum absolute atomic E-state index is 11.6. The zero-order chi connectivity index (χ0) is 14.0. The molecule has 3 N–H and O–H groups in total. The van der Waals surface area contributed by atoms with Gasteiger partial charge in [0.25, 0.3) is 0 Å². The molecule has 4 nitrogen and oxygen atoms in total. The van der Waals surface area contributed by atoms with Crippen LogP contribution in [-0.2, 0) is 0 Å². The smallest absolute Gasteiger partial charge is 0.323 e. The molecule has 2 aromatic rings. The van der Waals surface area contributed by atoms with Gasteiger partial charge < -0.3 is 10.8 Å². The van der Waals surface area contributed by atoms with Gasteiger partial charge in [0.2, 0.25) is 0 Å². The first-order valence-corrected chi connectivity index (χ1v) is 6.08. The summed E-state index contributed by atoms with van der Waals surface area (Å²) in [7, 11) is 0. The van der Waals surface area contributed by atoms with E-state index in [1.54, 1.807) is 24.3 Å². The summed E-state index contributed by atoms with van der Waals surface area (Å²) in [5.74, 6) is 0.0313. The van der Waals surface area contributed by atoms with E-state index in [-0.39, 0.29) is 5.75 Å². The fraction of sp³-hybridized carbons (Fsp3) is 0. The first kappa shape index (κ1) is 13.5. The first-order valence-electron chi connectivity index (χ1n) is 5.32. The second-order valence-electron chi connectivity index (χ2n) is 3.79. The van der Waals surface area contributed by atoms with Crippen LogP contribution in [0.25, 0.3) is 0 Å². The number of carbonyl (C=O) groups is 1. The zero-order valence-electron chi connectivity index (χ0n) is 9.68. The summed E-state index contributed by atoms with van der Waals surface area (Å²) in [4.78, 5) is 12.8. The SMILES string of the molecule is NC(=O)N(c1cccc(O)c1)c1ccc(Cl)c(Cl)c1. The highest BCUT2D eigenvalue weighted by Crippen LogP contribution is 2.32. The van der Waals surface area contributed by atoms with Crippen LogP contribution < -0.4 is 10.6 Å². The van der Waals surface area contributed by atoms with Crippen molar-refractivity contribution in [1.29, 1.82) is 0 Å². The normalized spacial score (nSPS) is 10.2. The van der Waals surface area contributed by atoms with Crippen molar-refractivity contribution in [2.75, 3.05) is 4.90 Å². The lowest BCUT2D eigenvalue weighted by molar-refractivity contribution is 0.256. The fourth-order valence-corrected chi connectivity index (χ4v) is 1.95. The molecule has 0 aliphatic rings. The molecule has 2 amide bonds. The van der Waals surface area contributed by atoms with Crippen LogP contribution in [0.3, 0.4) is 0 Å². The summed E-state index contributed by atoms with van der Waals surface area (Å²) in [5, 5.41) is 10.2. The minimum atomic E-state index is -0.691. The molecule has 0 aliphatic carbocycles. The zero-order valence-corrected chi connectivity index (χ0v) is 11.2. The number of nitrogens with two attached hydrogens (primary N) is 1. The van der Waals surface area contributed by atoms with Crippen molar-refractivity contribution in [3.63, 3.8) is 0 Å². The number of hydrogen-bond donors (Lipinski definition) is 2. The van der Waals surface area contributed by atoms with E-state index in [0.717, 1.165) is 0 Å². The molecule has 0 aromatic heterocycles. The van der Waals surface area contributed by atoms with Gasteiger partial charge >= 0.3 is 6.03 Å². The molecule has 19 heavy (non-hydrogen) atoms. The van der Waals surface area contributed by atoms with Crippen molar-refractivity contribution in [1.82, 2.24) is 0 Å². The number of phenolic OH excluding ortho intramolecular Hbond substituents is 1. The molecule has 6 heteroatoms. The van der Waals surface area contributed by atoms with Gasteiger partial charge in [-0.05, 0) is 30.3 Å². The Labute approximate surface area is 120 Å². The number of amides is 2. The lowest BCUT2D eigenvalue weighted by atomic mass is 10.2. The third kappa shape index (κ3) is 2.92. The summed E-state index contributed by atoms with van der Waals surface area (Å²) in [6, 6.07) is 10.2. The van der Waals surface area contributed by atoms with Gasteiger partial charge in [0, 0.05) is 6.07 Å². The minimum absolute atomic E-state index is 0.0313. The Bertz CT molecular complexity index is 632. The predicted molar refractivity (Wildman–Crippen MR) is 76.3 cm³/mol. The second kappa shape index (κ2) is 5.38. The number of anilines is 2. The number of urea groups is 1. The molecule has 0 bridgehead atoms. The van der Waals surface area contributed by atoms with E-state index in [0.29, 0.717) is 21.4 Å². The van der Waals surface area contributed by atoms with Gasteiger partial charge in [-0.25, -0.2) is 4.79 Å². The monoisotopic (exact) mass is 296 g/mol.